The van der Waals surface area contributed by atoms with Gasteiger partial charge in [-0.2, -0.15) is 4.98 Å². The summed E-state index contributed by atoms with van der Waals surface area (Å²) < 4.78 is 5.37. The van der Waals surface area contributed by atoms with Gasteiger partial charge >= 0.3 is 0 Å². The maximum absolute atomic E-state index is 5.37. The number of hydrogen-bond acceptors (Lipinski definition) is 7. The van der Waals surface area contributed by atoms with Crippen molar-refractivity contribution in [1.29, 1.82) is 0 Å². The van der Waals surface area contributed by atoms with Gasteiger partial charge in [0.05, 0.1) is 24.5 Å². The van der Waals surface area contributed by atoms with Crippen LogP contribution >= 0.6 is 0 Å². The minimum Gasteiger partial charge on any atom is -0.497 e. The molecule has 8 nitrogen and oxygen atoms in total. The van der Waals surface area contributed by atoms with Crippen LogP contribution < -0.4 is 20.7 Å². The van der Waals surface area contributed by atoms with Gasteiger partial charge in [-0.05, 0) is 53.9 Å². The Morgan fingerprint density at radius 2 is 2.06 bits per heavy atom. The Balaban J connectivity index is 1.16. The normalized spacial score (nSPS) is 14.8. The Bertz CT molecular complexity index is 1190. The number of aromatic amines is 1. The van der Waals surface area contributed by atoms with E-state index < -0.39 is 0 Å². The van der Waals surface area contributed by atoms with Gasteiger partial charge in [0, 0.05) is 37.4 Å². The fourth-order valence-electron chi connectivity index (χ4n) is 3.95. The number of fused-ring (bicyclic) bond motifs is 2. The number of rotatable bonds is 8. The maximum Gasteiger partial charge on any atom is 0.224 e. The Kier molecular flexibility index (Phi) is 5.26. The van der Waals surface area contributed by atoms with Crippen LogP contribution in [-0.4, -0.2) is 40.1 Å². The van der Waals surface area contributed by atoms with Gasteiger partial charge < -0.3 is 25.7 Å². The number of aromatic nitrogens is 4. The van der Waals surface area contributed by atoms with Crippen molar-refractivity contribution in [2.45, 2.75) is 18.9 Å². The third kappa shape index (κ3) is 4.23. The van der Waals surface area contributed by atoms with Gasteiger partial charge in [-0.1, -0.05) is 6.07 Å². The zero-order valence-electron chi connectivity index (χ0n) is 17.4. The Hall–Kier alpha value is -3.81. The minimum atomic E-state index is 0.441. The number of anilines is 3. The van der Waals surface area contributed by atoms with Gasteiger partial charge in [0.15, 0.2) is 0 Å². The van der Waals surface area contributed by atoms with E-state index in [1.54, 1.807) is 19.6 Å². The number of H-pyrrole nitrogens is 1. The number of nitrogens with zero attached hydrogens (tertiary/aromatic N) is 3. The van der Waals surface area contributed by atoms with Gasteiger partial charge in [-0.15, -0.1) is 0 Å². The Morgan fingerprint density at radius 3 is 3.00 bits per heavy atom. The monoisotopic (exact) mass is 415 g/mol. The van der Waals surface area contributed by atoms with E-state index in [-0.39, 0.29) is 0 Å². The first kappa shape index (κ1) is 19.2. The zero-order valence-corrected chi connectivity index (χ0v) is 17.4. The van der Waals surface area contributed by atoms with Crippen molar-refractivity contribution in [3.8, 4) is 5.75 Å². The summed E-state index contributed by atoms with van der Waals surface area (Å²) in [4.78, 5) is 16.4. The highest BCUT2D eigenvalue weighted by atomic mass is 16.5. The van der Waals surface area contributed by atoms with E-state index in [1.165, 1.54) is 11.3 Å². The first-order valence-corrected chi connectivity index (χ1v) is 10.4. The molecule has 3 heterocycles. The maximum atomic E-state index is 5.37. The van der Waals surface area contributed by atoms with Crippen molar-refractivity contribution >= 4 is 28.5 Å². The fourth-order valence-corrected chi connectivity index (χ4v) is 3.95. The molecule has 0 saturated carbocycles. The van der Waals surface area contributed by atoms with Gasteiger partial charge in [0.25, 0.3) is 0 Å². The molecule has 0 spiro atoms. The summed E-state index contributed by atoms with van der Waals surface area (Å²) in [7, 11) is 1.70. The average molecular weight is 416 g/mol. The SMILES string of the molecule is COc1ccc2c(c1)C(CCNc1nccc(NCc3ccc4[nH]cnc4c3)n1)CN2. The van der Waals surface area contributed by atoms with Crippen LogP contribution in [0.25, 0.3) is 11.0 Å². The van der Waals surface area contributed by atoms with Crippen LogP contribution in [0, 0.1) is 0 Å². The highest BCUT2D eigenvalue weighted by Crippen LogP contribution is 2.36. The number of benzene rings is 2. The zero-order chi connectivity index (χ0) is 21.0. The molecule has 1 aliphatic rings. The molecule has 2 aromatic carbocycles. The number of hydrogen-bond donors (Lipinski definition) is 4. The van der Waals surface area contributed by atoms with Crippen LogP contribution in [-0.2, 0) is 6.54 Å². The van der Waals surface area contributed by atoms with Gasteiger partial charge in [-0.25, -0.2) is 9.97 Å². The predicted octanol–water partition coefficient (Wildman–Crippen LogP) is 3.98. The molecule has 0 amide bonds. The first-order valence-electron chi connectivity index (χ1n) is 10.4. The lowest BCUT2D eigenvalue weighted by Gasteiger charge is -2.12. The van der Waals surface area contributed by atoms with Crippen molar-refractivity contribution in [1.82, 2.24) is 19.9 Å². The number of nitrogens with one attached hydrogen (secondary N) is 4. The average Bonchev–Trinajstić information content (AvgIpc) is 3.44. The summed E-state index contributed by atoms with van der Waals surface area (Å²) in [6.07, 6.45) is 4.46. The molecule has 1 atom stereocenters. The highest BCUT2D eigenvalue weighted by molar-refractivity contribution is 5.75. The van der Waals surface area contributed by atoms with Crippen molar-refractivity contribution in [2.75, 3.05) is 36.1 Å². The van der Waals surface area contributed by atoms with Crippen molar-refractivity contribution in [3.05, 3.63) is 66.1 Å². The van der Waals surface area contributed by atoms with Crippen LogP contribution in [0.2, 0.25) is 0 Å². The van der Waals surface area contributed by atoms with Crippen LogP contribution in [0.1, 0.15) is 23.5 Å². The lowest BCUT2D eigenvalue weighted by atomic mass is 9.98. The summed E-state index contributed by atoms with van der Waals surface area (Å²) in [5, 5.41) is 10.2. The molecule has 0 aliphatic carbocycles. The second kappa shape index (κ2) is 8.51. The molecule has 0 bridgehead atoms. The summed E-state index contributed by atoms with van der Waals surface area (Å²) in [6, 6.07) is 14.3. The Morgan fingerprint density at radius 1 is 1.10 bits per heavy atom. The van der Waals surface area contributed by atoms with Crippen molar-refractivity contribution < 1.29 is 4.74 Å². The van der Waals surface area contributed by atoms with E-state index in [2.05, 4.69) is 60.2 Å². The van der Waals surface area contributed by atoms with Gasteiger partial charge in [0.1, 0.15) is 11.6 Å². The third-order valence-electron chi connectivity index (χ3n) is 5.63. The molecule has 8 heteroatoms. The fraction of sp³-hybridized carbons (Fsp3) is 0.261. The van der Waals surface area contributed by atoms with Gasteiger partial charge in [0.2, 0.25) is 5.95 Å². The predicted molar refractivity (Wildman–Crippen MR) is 123 cm³/mol. The largest absolute Gasteiger partial charge is 0.497 e. The smallest absolute Gasteiger partial charge is 0.224 e. The summed E-state index contributed by atoms with van der Waals surface area (Å²) in [5.41, 5.74) is 5.66. The van der Waals surface area contributed by atoms with Crippen LogP contribution in [0.15, 0.2) is 55.0 Å². The molecule has 0 saturated heterocycles. The van der Waals surface area contributed by atoms with Crippen LogP contribution in [0.3, 0.4) is 0 Å². The molecule has 1 unspecified atom stereocenters. The second-order valence-corrected chi connectivity index (χ2v) is 7.62. The molecule has 4 aromatic rings. The lowest BCUT2D eigenvalue weighted by molar-refractivity contribution is 0.414. The molecule has 4 N–H and O–H groups in total. The first-order chi connectivity index (χ1) is 15.3. The quantitative estimate of drug-likeness (QED) is 0.345. The van der Waals surface area contributed by atoms with Crippen LogP contribution in [0.4, 0.5) is 17.5 Å². The molecule has 31 heavy (non-hydrogen) atoms. The molecule has 158 valence electrons. The van der Waals surface area contributed by atoms with E-state index in [9.17, 15) is 0 Å². The van der Waals surface area contributed by atoms with E-state index in [4.69, 9.17) is 4.74 Å². The molecular weight excluding hydrogens is 390 g/mol. The van der Waals surface area contributed by atoms with E-state index in [1.807, 2.05) is 18.2 Å². The molecule has 1 aliphatic heterocycles. The number of imidazole rings is 1. The molecule has 2 aromatic heterocycles. The van der Waals surface area contributed by atoms with Crippen molar-refractivity contribution in [2.24, 2.45) is 0 Å². The molecule has 5 rings (SSSR count). The molecule has 0 fully saturated rings. The summed E-state index contributed by atoms with van der Waals surface area (Å²) in [6.45, 7) is 2.40. The van der Waals surface area contributed by atoms with E-state index >= 15 is 0 Å². The summed E-state index contributed by atoms with van der Waals surface area (Å²) in [5.74, 6) is 2.76. The topological polar surface area (TPSA) is 99.8 Å². The highest BCUT2D eigenvalue weighted by Gasteiger charge is 2.22. The Labute approximate surface area is 180 Å². The van der Waals surface area contributed by atoms with E-state index in [0.29, 0.717) is 18.4 Å². The number of methoxy groups -OCH3 is 1. The van der Waals surface area contributed by atoms with E-state index in [0.717, 1.165) is 47.7 Å². The van der Waals surface area contributed by atoms with Gasteiger partial charge in [-0.3, -0.25) is 0 Å². The van der Waals surface area contributed by atoms with Crippen molar-refractivity contribution in [3.63, 3.8) is 0 Å². The standard InChI is InChI=1S/C23H25N7O/c1-31-17-3-5-19-18(11-17)16(13-26-19)6-8-24-23-25-9-7-22(30-23)27-12-15-2-4-20-21(10-15)29-14-28-20/h2-5,7,9-11,14,16,26H,6,8,12-13H2,1H3,(H,28,29)(H2,24,25,27,30). The minimum absolute atomic E-state index is 0.441. The second-order valence-electron chi connectivity index (χ2n) is 7.62. The lowest BCUT2D eigenvalue weighted by Crippen LogP contribution is -2.12. The molecule has 0 radical (unpaired) electrons. The third-order valence-corrected chi connectivity index (χ3v) is 5.63. The number of ether oxygens (including phenoxy) is 1. The van der Waals surface area contributed by atoms with Crippen LogP contribution in [0.5, 0.6) is 5.75 Å². The molecular formula is C23H25N7O. The summed E-state index contributed by atoms with van der Waals surface area (Å²) >= 11 is 0.